The number of halogens is 1. The summed E-state index contributed by atoms with van der Waals surface area (Å²) in [6.45, 7) is 1.34. The first-order chi connectivity index (χ1) is 8.49. The van der Waals surface area contributed by atoms with E-state index in [4.69, 9.17) is 11.6 Å². The molecule has 0 N–H and O–H groups in total. The molecular formula is C11H8ClN3O3. The van der Waals surface area contributed by atoms with E-state index in [0.29, 0.717) is 10.7 Å². The van der Waals surface area contributed by atoms with Gasteiger partial charge in [-0.3, -0.25) is 14.9 Å². The molecule has 18 heavy (non-hydrogen) atoms. The Labute approximate surface area is 107 Å². The van der Waals surface area contributed by atoms with E-state index in [1.54, 1.807) is 0 Å². The fourth-order valence-electron chi connectivity index (χ4n) is 1.55. The van der Waals surface area contributed by atoms with E-state index >= 15 is 0 Å². The van der Waals surface area contributed by atoms with Crippen LogP contribution in [0.4, 0.5) is 5.69 Å². The lowest BCUT2D eigenvalue weighted by Crippen LogP contribution is -2.05. The molecule has 0 aliphatic rings. The minimum Gasteiger partial charge on any atom is -0.294 e. The van der Waals surface area contributed by atoms with Crippen LogP contribution in [0.3, 0.4) is 0 Å². The number of nitro groups is 1. The summed E-state index contributed by atoms with van der Waals surface area (Å²) in [4.78, 5) is 21.7. The maximum atomic E-state index is 11.5. The molecule has 2 rings (SSSR count). The normalized spacial score (nSPS) is 10.3. The molecule has 0 amide bonds. The summed E-state index contributed by atoms with van der Waals surface area (Å²) >= 11 is 5.75. The molecule has 0 unspecified atom stereocenters. The SMILES string of the molecule is CC(=O)c1cc([N+](=O)[O-])ccc1-n1cc(Cl)cn1. The van der Waals surface area contributed by atoms with E-state index in [9.17, 15) is 14.9 Å². The number of aromatic nitrogens is 2. The maximum Gasteiger partial charge on any atom is 0.270 e. The van der Waals surface area contributed by atoms with E-state index < -0.39 is 4.92 Å². The van der Waals surface area contributed by atoms with Gasteiger partial charge in [0.25, 0.3) is 5.69 Å². The number of benzene rings is 1. The lowest BCUT2D eigenvalue weighted by molar-refractivity contribution is -0.384. The highest BCUT2D eigenvalue weighted by atomic mass is 35.5. The van der Waals surface area contributed by atoms with Gasteiger partial charge in [-0.2, -0.15) is 5.10 Å². The molecule has 92 valence electrons. The third-order valence-electron chi connectivity index (χ3n) is 2.37. The topological polar surface area (TPSA) is 78.0 Å². The summed E-state index contributed by atoms with van der Waals surface area (Å²) < 4.78 is 1.41. The van der Waals surface area contributed by atoms with Crippen molar-refractivity contribution in [2.75, 3.05) is 0 Å². The molecule has 1 aromatic carbocycles. The second-order valence-electron chi connectivity index (χ2n) is 3.62. The Bertz CT molecular complexity index is 636. The second-order valence-corrected chi connectivity index (χ2v) is 4.05. The van der Waals surface area contributed by atoms with E-state index in [-0.39, 0.29) is 17.0 Å². The third kappa shape index (κ3) is 2.23. The van der Waals surface area contributed by atoms with Crippen molar-refractivity contribution in [2.24, 2.45) is 0 Å². The van der Waals surface area contributed by atoms with Gasteiger partial charge in [0, 0.05) is 23.9 Å². The number of ketones is 1. The van der Waals surface area contributed by atoms with Crippen LogP contribution in [0, 0.1) is 10.1 Å². The van der Waals surface area contributed by atoms with Crippen LogP contribution < -0.4 is 0 Å². The van der Waals surface area contributed by atoms with E-state index in [1.807, 2.05) is 0 Å². The Morgan fingerprint density at radius 1 is 1.50 bits per heavy atom. The summed E-state index contributed by atoms with van der Waals surface area (Å²) in [7, 11) is 0. The highest BCUT2D eigenvalue weighted by Gasteiger charge is 2.15. The van der Waals surface area contributed by atoms with Crippen molar-refractivity contribution in [2.45, 2.75) is 6.92 Å². The maximum absolute atomic E-state index is 11.5. The first-order valence-corrected chi connectivity index (χ1v) is 5.37. The van der Waals surface area contributed by atoms with Gasteiger partial charge >= 0.3 is 0 Å². The van der Waals surface area contributed by atoms with Crippen molar-refractivity contribution >= 4 is 23.1 Å². The Morgan fingerprint density at radius 3 is 2.72 bits per heavy atom. The van der Waals surface area contributed by atoms with Crippen LogP contribution in [0.15, 0.2) is 30.6 Å². The standard InChI is InChI=1S/C11H8ClN3O3/c1-7(16)10-4-9(15(17)18)2-3-11(10)14-6-8(12)5-13-14/h2-6H,1H3. The smallest absolute Gasteiger partial charge is 0.270 e. The van der Waals surface area contributed by atoms with Crippen molar-refractivity contribution in [3.05, 3.63) is 51.3 Å². The van der Waals surface area contributed by atoms with Crippen LogP contribution in [0.5, 0.6) is 0 Å². The average molecular weight is 266 g/mol. The molecule has 0 aliphatic heterocycles. The van der Waals surface area contributed by atoms with Crippen molar-refractivity contribution in [3.8, 4) is 5.69 Å². The van der Waals surface area contributed by atoms with Crippen molar-refractivity contribution < 1.29 is 9.72 Å². The molecule has 2 aromatic rings. The van der Waals surface area contributed by atoms with Crippen LogP contribution in [0.2, 0.25) is 5.02 Å². The minimum absolute atomic E-state index is 0.137. The molecule has 0 spiro atoms. The molecule has 0 radical (unpaired) electrons. The molecule has 0 atom stereocenters. The number of non-ortho nitro benzene ring substituents is 1. The quantitative estimate of drug-likeness (QED) is 0.485. The molecule has 1 heterocycles. The van der Waals surface area contributed by atoms with Gasteiger partial charge in [0.1, 0.15) is 0 Å². The molecule has 0 bridgehead atoms. The van der Waals surface area contributed by atoms with E-state index in [0.717, 1.165) is 0 Å². The predicted molar refractivity (Wildman–Crippen MR) is 65.2 cm³/mol. The number of Topliss-reactive ketones (excluding diaryl/α,β-unsaturated/α-hetero) is 1. The third-order valence-corrected chi connectivity index (χ3v) is 2.56. The molecular weight excluding hydrogens is 258 g/mol. The van der Waals surface area contributed by atoms with Crippen LogP contribution in [-0.2, 0) is 0 Å². The Balaban J connectivity index is 2.60. The molecule has 0 fully saturated rings. The zero-order chi connectivity index (χ0) is 13.3. The van der Waals surface area contributed by atoms with Crippen LogP contribution in [0.25, 0.3) is 5.69 Å². The van der Waals surface area contributed by atoms with Crippen LogP contribution >= 0.6 is 11.6 Å². The molecule has 6 nitrogen and oxygen atoms in total. The van der Waals surface area contributed by atoms with Crippen molar-refractivity contribution in [3.63, 3.8) is 0 Å². The lowest BCUT2D eigenvalue weighted by Gasteiger charge is -2.06. The number of rotatable bonds is 3. The Morgan fingerprint density at radius 2 is 2.22 bits per heavy atom. The molecule has 0 saturated heterocycles. The molecule has 1 aromatic heterocycles. The molecule has 7 heteroatoms. The Kier molecular flexibility index (Phi) is 3.12. The second kappa shape index (κ2) is 4.58. The van der Waals surface area contributed by atoms with Crippen LogP contribution in [0.1, 0.15) is 17.3 Å². The monoisotopic (exact) mass is 265 g/mol. The number of carbonyl (C=O) groups is 1. The zero-order valence-corrected chi connectivity index (χ0v) is 10.1. The van der Waals surface area contributed by atoms with Gasteiger partial charge in [-0.15, -0.1) is 0 Å². The van der Waals surface area contributed by atoms with Gasteiger partial charge in [0.15, 0.2) is 5.78 Å². The van der Waals surface area contributed by atoms with Gasteiger partial charge in [0.05, 0.1) is 21.8 Å². The van der Waals surface area contributed by atoms with Gasteiger partial charge in [0.2, 0.25) is 0 Å². The fourth-order valence-corrected chi connectivity index (χ4v) is 1.69. The number of carbonyl (C=O) groups excluding carboxylic acids is 1. The summed E-state index contributed by atoms with van der Waals surface area (Å²) in [5, 5.41) is 15.1. The van der Waals surface area contributed by atoms with Gasteiger partial charge in [-0.05, 0) is 13.0 Å². The minimum atomic E-state index is -0.549. The largest absolute Gasteiger partial charge is 0.294 e. The highest BCUT2D eigenvalue weighted by Crippen LogP contribution is 2.22. The number of nitrogens with zero attached hydrogens (tertiary/aromatic N) is 3. The zero-order valence-electron chi connectivity index (χ0n) is 9.33. The fraction of sp³-hybridized carbons (Fsp3) is 0.0909. The summed E-state index contributed by atoms with van der Waals surface area (Å²) in [5.41, 5.74) is 0.547. The van der Waals surface area contributed by atoms with Crippen molar-refractivity contribution in [1.29, 1.82) is 0 Å². The number of hydrogen-bond acceptors (Lipinski definition) is 4. The van der Waals surface area contributed by atoms with Gasteiger partial charge in [-0.1, -0.05) is 11.6 Å². The van der Waals surface area contributed by atoms with Crippen LogP contribution in [-0.4, -0.2) is 20.5 Å². The Hall–Kier alpha value is -2.21. The van der Waals surface area contributed by atoms with E-state index in [1.165, 1.54) is 42.2 Å². The molecule has 0 saturated carbocycles. The first-order valence-electron chi connectivity index (χ1n) is 4.99. The highest BCUT2D eigenvalue weighted by molar-refractivity contribution is 6.30. The summed E-state index contributed by atoms with van der Waals surface area (Å²) in [5.74, 6) is -0.277. The van der Waals surface area contributed by atoms with E-state index in [2.05, 4.69) is 5.10 Å². The lowest BCUT2D eigenvalue weighted by atomic mass is 10.1. The summed E-state index contributed by atoms with van der Waals surface area (Å²) in [6, 6.07) is 4.02. The number of hydrogen-bond donors (Lipinski definition) is 0. The molecule has 0 aliphatic carbocycles. The average Bonchev–Trinajstić information content (AvgIpc) is 2.74. The van der Waals surface area contributed by atoms with Crippen molar-refractivity contribution in [1.82, 2.24) is 9.78 Å². The first kappa shape index (κ1) is 12.3. The number of nitro benzene ring substituents is 1. The van der Waals surface area contributed by atoms with Gasteiger partial charge in [-0.25, -0.2) is 4.68 Å². The predicted octanol–water partition coefficient (Wildman–Crippen LogP) is 2.64. The van der Waals surface area contributed by atoms with Gasteiger partial charge < -0.3 is 0 Å². The summed E-state index contributed by atoms with van der Waals surface area (Å²) in [6.07, 6.45) is 2.95.